The van der Waals surface area contributed by atoms with E-state index in [2.05, 4.69) is 0 Å². The molecule has 0 fully saturated rings. The van der Waals surface area contributed by atoms with Crippen molar-refractivity contribution in [2.75, 3.05) is 0 Å². The normalized spacial score (nSPS) is 14.1. The lowest BCUT2D eigenvalue weighted by Crippen LogP contribution is -2.20. The van der Waals surface area contributed by atoms with Crippen LogP contribution in [0.25, 0.3) is 10.2 Å². The smallest absolute Gasteiger partial charge is 0.262 e. The first-order chi connectivity index (χ1) is 11.6. The Balaban J connectivity index is 1.70. The number of fused-ring (bicyclic) bond motifs is 3. The van der Waals surface area contributed by atoms with Crippen LogP contribution in [-0.2, 0) is 25.6 Å². The molecule has 0 saturated heterocycles. The Labute approximate surface area is 147 Å². The highest BCUT2D eigenvalue weighted by molar-refractivity contribution is 7.98. The van der Waals surface area contributed by atoms with Gasteiger partial charge in [0, 0.05) is 17.7 Å². The average molecular weight is 360 g/mol. The van der Waals surface area contributed by atoms with Crippen LogP contribution in [0.2, 0.25) is 0 Å². The topological polar surface area (TPSA) is 34.9 Å². The van der Waals surface area contributed by atoms with E-state index in [1.807, 2.05) is 0 Å². The van der Waals surface area contributed by atoms with Crippen molar-refractivity contribution in [1.82, 2.24) is 9.55 Å². The maximum atomic E-state index is 13.0. The molecule has 6 heteroatoms. The average Bonchev–Trinajstić information content (AvgIpc) is 2.96. The van der Waals surface area contributed by atoms with Crippen LogP contribution in [0.3, 0.4) is 0 Å². The third-order valence-corrected chi connectivity index (χ3v) is 6.72. The van der Waals surface area contributed by atoms with Gasteiger partial charge in [0.05, 0.1) is 5.39 Å². The zero-order valence-electron chi connectivity index (χ0n) is 13.3. The van der Waals surface area contributed by atoms with Gasteiger partial charge >= 0.3 is 0 Å². The number of hydrogen-bond donors (Lipinski definition) is 0. The number of nitrogens with zero attached hydrogens (tertiary/aromatic N) is 2. The molecule has 0 saturated carbocycles. The van der Waals surface area contributed by atoms with Crippen molar-refractivity contribution in [3.05, 3.63) is 56.4 Å². The Morgan fingerprint density at radius 3 is 2.79 bits per heavy atom. The predicted octanol–water partition coefficient (Wildman–Crippen LogP) is 4.31. The van der Waals surface area contributed by atoms with Crippen molar-refractivity contribution >= 4 is 33.3 Å². The first-order valence-electron chi connectivity index (χ1n) is 8.02. The molecule has 3 nitrogen and oxygen atoms in total. The number of benzene rings is 1. The van der Waals surface area contributed by atoms with E-state index in [0.29, 0.717) is 5.75 Å². The zero-order valence-corrected chi connectivity index (χ0v) is 15.0. The van der Waals surface area contributed by atoms with Gasteiger partial charge in [0.2, 0.25) is 0 Å². The van der Waals surface area contributed by atoms with Crippen LogP contribution in [0.15, 0.2) is 34.2 Å². The van der Waals surface area contributed by atoms with E-state index >= 15 is 0 Å². The second kappa shape index (κ2) is 6.33. The number of thiophene rings is 1. The van der Waals surface area contributed by atoms with E-state index in [1.54, 1.807) is 35.1 Å². The molecule has 0 N–H and O–H groups in total. The summed E-state index contributed by atoms with van der Waals surface area (Å²) in [5.74, 6) is 0.428. The van der Waals surface area contributed by atoms with Gasteiger partial charge < -0.3 is 0 Å². The SMILES string of the molecule is Cn1c(SCc2ccc(F)cc2)nc2sc3c(c2c1=O)CCCC3. The quantitative estimate of drug-likeness (QED) is 0.516. The van der Waals surface area contributed by atoms with E-state index in [0.717, 1.165) is 40.2 Å². The molecule has 2 aromatic heterocycles. The minimum absolute atomic E-state index is 0.0565. The van der Waals surface area contributed by atoms with Crippen molar-refractivity contribution in [2.24, 2.45) is 7.05 Å². The van der Waals surface area contributed by atoms with Gasteiger partial charge in [-0.3, -0.25) is 9.36 Å². The third kappa shape index (κ3) is 2.78. The fourth-order valence-corrected chi connectivity index (χ4v) is 5.36. The molecule has 4 rings (SSSR count). The Kier molecular flexibility index (Phi) is 4.18. The van der Waals surface area contributed by atoms with Crippen molar-refractivity contribution in [3.8, 4) is 0 Å². The lowest BCUT2D eigenvalue weighted by Gasteiger charge is -2.10. The van der Waals surface area contributed by atoms with Crippen LogP contribution < -0.4 is 5.56 Å². The van der Waals surface area contributed by atoms with Crippen molar-refractivity contribution in [2.45, 2.75) is 36.6 Å². The lowest BCUT2D eigenvalue weighted by molar-refractivity contribution is 0.627. The monoisotopic (exact) mass is 360 g/mol. The molecule has 1 aliphatic carbocycles. The van der Waals surface area contributed by atoms with Gasteiger partial charge in [-0.1, -0.05) is 23.9 Å². The number of aromatic nitrogens is 2. The molecule has 124 valence electrons. The number of halogens is 1. The van der Waals surface area contributed by atoms with Gasteiger partial charge in [0.15, 0.2) is 5.16 Å². The highest BCUT2D eigenvalue weighted by atomic mass is 32.2. The molecule has 24 heavy (non-hydrogen) atoms. The van der Waals surface area contributed by atoms with Crippen LogP contribution in [0.5, 0.6) is 0 Å². The summed E-state index contributed by atoms with van der Waals surface area (Å²) >= 11 is 3.19. The number of aryl methyl sites for hydroxylation is 2. The van der Waals surface area contributed by atoms with E-state index in [-0.39, 0.29) is 11.4 Å². The molecular formula is C18H17FN2OS2. The van der Waals surface area contributed by atoms with Crippen molar-refractivity contribution < 1.29 is 4.39 Å². The van der Waals surface area contributed by atoms with Gasteiger partial charge in [0.1, 0.15) is 10.6 Å². The maximum Gasteiger partial charge on any atom is 0.262 e. The molecule has 2 heterocycles. The summed E-state index contributed by atoms with van der Waals surface area (Å²) in [6, 6.07) is 6.45. The molecule has 0 spiro atoms. The van der Waals surface area contributed by atoms with Gasteiger partial charge in [-0.15, -0.1) is 11.3 Å². The number of rotatable bonds is 3. The fraction of sp³-hybridized carbons (Fsp3) is 0.333. The van der Waals surface area contributed by atoms with Gasteiger partial charge in [-0.2, -0.15) is 0 Å². The summed E-state index contributed by atoms with van der Waals surface area (Å²) in [5.41, 5.74) is 2.30. The zero-order chi connectivity index (χ0) is 16.7. The Bertz CT molecular complexity index is 960. The van der Waals surface area contributed by atoms with E-state index in [1.165, 1.54) is 40.8 Å². The van der Waals surface area contributed by atoms with Crippen molar-refractivity contribution in [3.63, 3.8) is 0 Å². The van der Waals surface area contributed by atoms with E-state index < -0.39 is 0 Å². The van der Waals surface area contributed by atoms with Crippen LogP contribution >= 0.6 is 23.1 Å². The summed E-state index contributed by atoms with van der Waals surface area (Å²) in [5, 5.41) is 1.54. The summed E-state index contributed by atoms with van der Waals surface area (Å²) < 4.78 is 14.6. The molecule has 0 bridgehead atoms. The molecule has 0 radical (unpaired) electrons. The van der Waals surface area contributed by atoms with Crippen LogP contribution in [0, 0.1) is 5.82 Å². The van der Waals surface area contributed by atoms with Crippen LogP contribution in [0.1, 0.15) is 28.8 Å². The Hall–Kier alpha value is -1.66. The van der Waals surface area contributed by atoms with Crippen molar-refractivity contribution in [1.29, 1.82) is 0 Å². The molecule has 0 unspecified atom stereocenters. The first kappa shape index (κ1) is 15.8. The van der Waals surface area contributed by atoms with Crippen LogP contribution in [-0.4, -0.2) is 9.55 Å². The minimum Gasteiger partial charge on any atom is -0.290 e. The second-order valence-corrected chi connectivity index (χ2v) is 8.09. The Morgan fingerprint density at radius 1 is 1.25 bits per heavy atom. The lowest BCUT2D eigenvalue weighted by atomic mass is 9.97. The minimum atomic E-state index is -0.236. The number of thioether (sulfide) groups is 1. The largest absolute Gasteiger partial charge is 0.290 e. The first-order valence-corrected chi connectivity index (χ1v) is 9.82. The summed E-state index contributed by atoms with van der Waals surface area (Å²) in [6.07, 6.45) is 4.42. The molecule has 0 aliphatic heterocycles. The fourth-order valence-electron chi connectivity index (χ4n) is 3.12. The third-order valence-electron chi connectivity index (χ3n) is 4.44. The molecule has 1 aliphatic rings. The predicted molar refractivity (Wildman–Crippen MR) is 97.5 cm³/mol. The molecule has 1 aromatic carbocycles. The standard InChI is InChI=1S/C18H17FN2OS2/c1-21-17(22)15-13-4-2-3-5-14(13)24-16(15)20-18(21)23-10-11-6-8-12(19)9-7-11/h6-9H,2-5,10H2,1H3. The molecule has 0 amide bonds. The van der Waals surface area contributed by atoms with Gasteiger partial charge in [0.25, 0.3) is 5.56 Å². The number of hydrogen-bond acceptors (Lipinski definition) is 4. The molecule has 0 atom stereocenters. The summed E-state index contributed by atoms with van der Waals surface area (Å²) in [6.45, 7) is 0. The highest BCUT2D eigenvalue weighted by Crippen LogP contribution is 2.34. The summed E-state index contributed by atoms with van der Waals surface area (Å²) in [7, 11) is 1.79. The van der Waals surface area contributed by atoms with E-state index in [4.69, 9.17) is 4.98 Å². The second-order valence-electron chi connectivity index (χ2n) is 6.06. The van der Waals surface area contributed by atoms with Crippen LogP contribution in [0.4, 0.5) is 4.39 Å². The van der Waals surface area contributed by atoms with Gasteiger partial charge in [-0.25, -0.2) is 9.37 Å². The molecular weight excluding hydrogens is 343 g/mol. The van der Waals surface area contributed by atoms with E-state index in [9.17, 15) is 9.18 Å². The maximum absolute atomic E-state index is 13.0. The summed E-state index contributed by atoms with van der Waals surface area (Å²) in [4.78, 5) is 19.8. The Morgan fingerprint density at radius 2 is 2.00 bits per heavy atom. The molecule has 3 aromatic rings. The van der Waals surface area contributed by atoms with Gasteiger partial charge in [-0.05, 0) is 48.9 Å². The highest BCUT2D eigenvalue weighted by Gasteiger charge is 2.21.